The van der Waals surface area contributed by atoms with Gasteiger partial charge in [0.2, 0.25) is 5.88 Å². The number of aromatic nitrogens is 5. The molecule has 1 aromatic carbocycles. The summed E-state index contributed by atoms with van der Waals surface area (Å²) in [4.78, 5) is 15.2. The number of fused-ring (bicyclic) bond motifs is 1. The van der Waals surface area contributed by atoms with Gasteiger partial charge in [-0.05, 0) is 18.2 Å². The zero-order chi connectivity index (χ0) is 23.7. The van der Waals surface area contributed by atoms with Crippen molar-refractivity contribution in [1.82, 2.24) is 25.1 Å². The van der Waals surface area contributed by atoms with Gasteiger partial charge in [-0.2, -0.15) is 0 Å². The summed E-state index contributed by atoms with van der Waals surface area (Å²) in [7, 11) is 1.45. The Morgan fingerprint density at radius 1 is 1.09 bits per heavy atom. The smallest absolute Gasteiger partial charge is 0.233 e. The molecule has 0 saturated carbocycles. The van der Waals surface area contributed by atoms with E-state index in [1.807, 2.05) is 6.07 Å². The van der Waals surface area contributed by atoms with Crippen LogP contribution in [0, 0.1) is 5.82 Å². The van der Waals surface area contributed by atoms with Gasteiger partial charge in [0.25, 0.3) is 0 Å². The number of halogens is 1. The number of anilines is 1. The summed E-state index contributed by atoms with van der Waals surface area (Å²) >= 11 is 0. The number of rotatable bonds is 5. The molecular formula is C23H21FN6O4. The van der Waals surface area contributed by atoms with Crippen LogP contribution in [0.25, 0.3) is 22.3 Å². The lowest BCUT2D eigenvalue weighted by atomic mass is 9.99. The van der Waals surface area contributed by atoms with Gasteiger partial charge in [0.05, 0.1) is 43.4 Å². The fourth-order valence-corrected chi connectivity index (χ4v) is 3.85. The molecule has 0 amide bonds. The first-order chi connectivity index (χ1) is 16.5. The molecule has 1 aliphatic rings. The second kappa shape index (κ2) is 9.12. The van der Waals surface area contributed by atoms with Crippen molar-refractivity contribution in [3.05, 3.63) is 59.9 Å². The monoisotopic (exact) mass is 464 g/mol. The number of methoxy groups -OCH3 is 1. The van der Waals surface area contributed by atoms with Gasteiger partial charge in [-0.15, -0.1) is 10.2 Å². The number of hydrogen-bond acceptors (Lipinski definition) is 10. The van der Waals surface area contributed by atoms with Gasteiger partial charge in [-0.1, -0.05) is 0 Å². The number of benzene rings is 1. The van der Waals surface area contributed by atoms with Crippen LogP contribution >= 0.6 is 0 Å². The van der Waals surface area contributed by atoms with Crippen LogP contribution in [0.5, 0.6) is 11.6 Å². The molecule has 1 unspecified atom stereocenters. The van der Waals surface area contributed by atoms with Gasteiger partial charge in [0.1, 0.15) is 35.2 Å². The van der Waals surface area contributed by atoms with E-state index in [0.29, 0.717) is 24.2 Å². The first-order valence-electron chi connectivity index (χ1n) is 10.6. The minimum atomic E-state index is -1.35. The summed E-state index contributed by atoms with van der Waals surface area (Å²) in [5, 5.41) is 28.9. The number of aromatic hydroxyl groups is 1. The fraction of sp³-hybridized carbons (Fsp3) is 0.261. The van der Waals surface area contributed by atoms with E-state index in [4.69, 9.17) is 9.47 Å². The van der Waals surface area contributed by atoms with Gasteiger partial charge in [0.15, 0.2) is 0 Å². The molecule has 0 aliphatic carbocycles. The Bertz CT molecular complexity index is 1330. The third-order valence-electron chi connectivity index (χ3n) is 5.65. The number of pyridine rings is 1. The topological polar surface area (TPSA) is 127 Å². The zero-order valence-electron chi connectivity index (χ0n) is 18.2. The molecule has 5 rings (SSSR count). The summed E-state index contributed by atoms with van der Waals surface area (Å²) in [6, 6.07) is 7.18. The number of hydrogen-bond donors (Lipinski definition) is 2. The SMILES string of the molecule is COc1ccc(C(O)c2cc(-c3ncnc4cc(N5CCOCC5)cnc34)c(F)cc2O)nn1. The van der Waals surface area contributed by atoms with Crippen LogP contribution in [0.4, 0.5) is 10.1 Å². The Hall–Kier alpha value is -3.96. The Morgan fingerprint density at radius 3 is 2.65 bits per heavy atom. The lowest BCUT2D eigenvalue weighted by molar-refractivity contribution is 0.122. The van der Waals surface area contributed by atoms with Crippen LogP contribution in [-0.4, -0.2) is 68.8 Å². The highest BCUT2D eigenvalue weighted by Gasteiger charge is 2.22. The van der Waals surface area contributed by atoms with E-state index in [2.05, 4.69) is 30.0 Å². The van der Waals surface area contributed by atoms with Crippen molar-refractivity contribution in [2.45, 2.75) is 6.10 Å². The van der Waals surface area contributed by atoms with E-state index in [9.17, 15) is 14.6 Å². The highest BCUT2D eigenvalue weighted by atomic mass is 19.1. The Kier molecular flexibility index (Phi) is 5.86. The molecule has 3 aromatic heterocycles. The third-order valence-corrected chi connectivity index (χ3v) is 5.65. The van der Waals surface area contributed by atoms with Crippen LogP contribution in [0.2, 0.25) is 0 Å². The predicted molar refractivity (Wildman–Crippen MR) is 120 cm³/mol. The normalized spacial score (nSPS) is 14.9. The van der Waals surface area contributed by atoms with Crippen LogP contribution in [0.3, 0.4) is 0 Å². The second-order valence-corrected chi connectivity index (χ2v) is 7.68. The molecule has 4 heterocycles. The van der Waals surface area contributed by atoms with Crippen molar-refractivity contribution in [1.29, 1.82) is 0 Å². The zero-order valence-corrected chi connectivity index (χ0v) is 18.2. The first-order valence-corrected chi connectivity index (χ1v) is 10.6. The number of aliphatic hydroxyl groups is 1. The van der Waals surface area contributed by atoms with Gasteiger partial charge < -0.3 is 24.6 Å². The molecule has 1 fully saturated rings. The van der Waals surface area contributed by atoms with Crippen LogP contribution < -0.4 is 9.64 Å². The van der Waals surface area contributed by atoms with Crippen molar-refractivity contribution in [2.75, 3.05) is 38.3 Å². The first kappa shape index (κ1) is 21.9. The average Bonchev–Trinajstić information content (AvgIpc) is 2.88. The third kappa shape index (κ3) is 4.06. The predicted octanol–water partition coefficient (Wildman–Crippen LogP) is 2.25. The van der Waals surface area contributed by atoms with E-state index < -0.39 is 17.7 Å². The largest absolute Gasteiger partial charge is 0.507 e. The van der Waals surface area contributed by atoms with E-state index in [-0.39, 0.29) is 28.4 Å². The molecule has 0 bridgehead atoms. The summed E-state index contributed by atoms with van der Waals surface area (Å²) in [6.07, 6.45) is 1.67. The Balaban J connectivity index is 1.55. The van der Waals surface area contributed by atoms with Crippen LogP contribution in [0.15, 0.2) is 42.9 Å². The summed E-state index contributed by atoms with van der Waals surface area (Å²) < 4.78 is 25.4. The molecule has 1 aliphatic heterocycles. The maximum atomic E-state index is 15.0. The maximum absolute atomic E-state index is 15.0. The van der Waals surface area contributed by atoms with Crippen molar-refractivity contribution in [3.63, 3.8) is 0 Å². The van der Waals surface area contributed by atoms with Crippen LogP contribution in [-0.2, 0) is 4.74 Å². The van der Waals surface area contributed by atoms with E-state index in [0.717, 1.165) is 24.8 Å². The molecule has 0 radical (unpaired) electrons. The Morgan fingerprint density at radius 2 is 1.91 bits per heavy atom. The van der Waals surface area contributed by atoms with Gasteiger partial charge >= 0.3 is 0 Å². The number of aliphatic hydroxyl groups excluding tert-OH is 1. The summed E-state index contributed by atoms with van der Waals surface area (Å²) in [5.41, 5.74) is 2.35. The molecule has 4 aromatic rings. The van der Waals surface area contributed by atoms with E-state index in [1.165, 1.54) is 31.6 Å². The van der Waals surface area contributed by atoms with E-state index in [1.54, 1.807) is 6.20 Å². The summed E-state index contributed by atoms with van der Waals surface area (Å²) in [6.45, 7) is 2.76. The lowest BCUT2D eigenvalue weighted by Gasteiger charge is -2.28. The fourth-order valence-electron chi connectivity index (χ4n) is 3.85. The van der Waals surface area contributed by atoms with Crippen molar-refractivity contribution in [3.8, 4) is 22.9 Å². The summed E-state index contributed by atoms with van der Waals surface area (Å²) in [5.74, 6) is -0.865. The highest BCUT2D eigenvalue weighted by Crippen LogP contribution is 2.36. The molecule has 1 atom stereocenters. The van der Waals surface area contributed by atoms with Gasteiger partial charge in [0, 0.05) is 36.3 Å². The van der Waals surface area contributed by atoms with Crippen molar-refractivity contribution >= 4 is 16.7 Å². The number of nitrogens with zero attached hydrogens (tertiary/aromatic N) is 6. The number of phenols is 1. The highest BCUT2D eigenvalue weighted by molar-refractivity contribution is 5.90. The molecular weight excluding hydrogens is 443 g/mol. The molecule has 11 heteroatoms. The van der Waals surface area contributed by atoms with Crippen LogP contribution in [0.1, 0.15) is 17.4 Å². The maximum Gasteiger partial charge on any atom is 0.233 e. The number of ether oxygens (including phenoxy) is 2. The second-order valence-electron chi connectivity index (χ2n) is 7.68. The molecule has 174 valence electrons. The lowest BCUT2D eigenvalue weighted by Crippen LogP contribution is -2.36. The molecule has 1 saturated heterocycles. The minimum Gasteiger partial charge on any atom is -0.507 e. The molecule has 34 heavy (non-hydrogen) atoms. The average molecular weight is 464 g/mol. The van der Waals surface area contributed by atoms with Crippen molar-refractivity contribution < 1.29 is 24.1 Å². The molecule has 2 N–H and O–H groups in total. The quantitative estimate of drug-likeness (QED) is 0.454. The van der Waals surface area contributed by atoms with Crippen molar-refractivity contribution in [2.24, 2.45) is 0 Å². The van der Waals surface area contributed by atoms with E-state index >= 15 is 0 Å². The molecule has 0 spiro atoms. The van der Waals surface area contributed by atoms with Gasteiger partial charge in [-0.3, -0.25) is 4.98 Å². The van der Waals surface area contributed by atoms with Gasteiger partial charge in [-0.25, -0.2) is 14.4 Å². The number of phenolic OH excluding ortho intramolecular Hbond substituents is 1. The standard InChI is InChI=1S/C23H21FN6O4/c1-33-20-3-2-17(28-29-20)23(32)15-9-14(16(24)10-19(15)31)21-22-18(26-12-27-21)8-13(11-25-22)30-4-6-34-7-5-30/h2-3,8-12,23,31-32H,4-7H2,1H3. The molecule has 10 nitrogen and oxygen atoms in total. The minimum absolute atomic E-state index is 0.0487. The Labute approximate surface area is 193 Å². The number of morpholine rings is 1.